The predicted octanol–water partition coefficient (Wildman–Crippen LogP) is 4.69. The maximum absolute atomic E-state index is 13.2. The van der Waals surface area contributed by atoms with Crippen LogP contribution in [0.1, 0.15) is 56.2 Å². The quantitative estimate of drug-likeness (QED) is 0.518. The summed E-state index contributed by atoms with van der Waals surface area (Å²) in [6, 6.07) is 18.0. The summed E-state index contributed by atoms with van der Waals surface area (Å²) < 4.78 is 0. The number of aryl methyl sites for hydroxylation is 2. The number of benzene rings is 2. The van der Waals surface area contributed by atoms with Gasteiger partial charge in [-0.3, -0.25) is 9.59 Å². The Labute approximate surface area is 181 Å². The molecule has 0 saturated heterocycles. The first-order chi connectivity index (χ1) is 14.5. The van der Waals surface area contributed by atoms with Gasteiger partial charge in [0, 0.05) is 19.5 Å². The molecule has 0 radical (unpaired) electrons. The monoisotopic (exact) mass is 408 g/mol. The Balaban J connectivity index is 2.08. The molecule has 2 aromatic rings. The average molecular weight is 409 g/mol. The van der Waals surface area contributed by atoms with Crippen molar-refractivity contribution in [2.75, 3.05) is 13.1 Å². The molecule has 4 heteroatoms. The Morgan fingerprint density at radius 2 is 1.60 bits per heavy atom. The highest BCUT2D eigenvalue weighted by atomic mass is 16.2. The van der Waals surface area contributed by atoms with Crippen LogP contribution in [0.3, 0.4) is 0 Å². The minimum absolute atomic E-state index is 0.0392. The second kappa shape index (κ2) is 12.8. The Morgan fingerprint density at radius 1 is 0.933 bits per heavy atom. The fourth-order valence-corrected chi connectivity index (χ4v) is 3.55. The molecule has 0 aliphatic rings. The van der Waals surface area contributed by atoms with Gasteiger partial charge in [-0.25, -0.2) is 0 Å². The highest BCUT2D eigenvalue weighted by Crippen LogP contribution is 2.13. The fourth-order valence-electron chi connectivity index (χ4n) is 3.55. The third-order valence-electron chi connectivity index (χ3n) is 5.45. The first-order valence-electron chi connectivity index (χ1n) is 11.2. The van der Waals surface area contributed by atoms with Crippen molar-refractivity contribution in [3.63, 3.8) is 0 Å². The van der Waals surface area contributed by atoms with Crippen LogP contribution in [-0.4, -0.2) is 35.8 Å². The van der Waals surface area contributed by atoms with E-state index in [1.54, 1.807) is 4.90 Å². The molecule has 162 valence electrons. The van der Waals surface area contributed by atoms with Crippen LogP contribution in [0, 0.1) is 6.92 Å². The van der Waals surface area contributed by atoms with Crippen LogP contribution in [0.5, 0.6) is 0 Å². The van der Waals surface area contributed by atoms with Crippen molar-refractivity contribution < 1.29 is 9.59 Å². The molecule has 1 N–H and O–H groups in total. The number of nitrogens with zero attached hydrogens (tertiary/aromatic N) is 1. The Bertz CT molecular complexity index is 771. The molecule has 0 bridgehead atoms. The highest BCUT2D eigenvalue weighted by molar-refractivity contribution is 5.87. The molecule has 0 aliphatic heterocycles. The van der Waals surface area contributed by atoms with Crippen LogP contribution in [0.15, 0.2) is 54.6 Å². The molecule has 0 aromatic heterocycles. The van der Waals surface area contributed by atoms with Crippen LogP contribution < -0.4 is 5.32 Å². The Hall–Kier alpha value is -2.62. The molecule has 0 fully saturated rings. The van der Waals surface area contributed by atoms with Crippen LogP contribution in [-0.2, 0) is 22.4 Å². The van der Waals surface area contributed by atoms with Gasteiger partial charge in [0.05, 0.1) is 0 Å². The van der Waals surface area contributed by atoms with Gasteiger partial charge in [-0.1, -0.05) is 80.4 Å². The van der Waals surface area contributed by atoms with Crippen LogP contribution in [0.2, 0.25) is 0 Å². The van der Waals surface area contributed by atoms with Crippen molar-refractivity contribution in [2.45, 2.75) is 65.3 Å². The Kier molecular flexibility index (Phi) is 10.1. The lowest BCUT2D eigenvalue weighted by atomic mass is 10.0. The predicted molar refractivity (Wildman–Crippen MR) is 123 cm³/mol. The van der Waals surface area contributed by atoms with E-state index < -0.39 is 6.04 Å². The zero-order chi connectivity index (χ0) is 21.8. The summed E-state index contributed by atoms with van der Waals surface area (Å²) in [6.45, 7) is 7.35. The SMILES string of the molecule is CCCCNC(=O)[C@@H](CC)N(CCc1ccccc1)C(=O)CCc1ccc(C)cc1. The highest BCUT2D eigenvalue weighted by Gasteiger charge is 2.27. The standard InChI is InChI=1S/C26H36N2O2/c1-4-6-19-27-26(30)24(5-2)28(20-18-22-10-8-7-9-11-22)25(29)17-16-23-14-12-21(3)13-15-23/h7-15,24H,4-6,16-20H2,1-3H3,(H,27,30)/t24-/m1/s1. The molecule has 0 spiro atoms. The summed E-state index contributed by atoms with van der Waals surface area (Å²) in [5.41, 5.74) is 3.54. The van der Waals surface area contributed by atoms with E-state index in [1.807, 2.05) is 25.1 Å². The van der Waals surface area contributed by atoms with Gasteiger partial charge in [-0.05, 0) is 43.7 Å². The average Bonchev–Trinajstić information content (AvgIpc) is 2.76. The number of unbranched alkanes of at least 4 members (excludes halogenated alkanes) is 1. The zero-order valence-electron chi connectivity index (χ0n) is 18.7. The minimum Gasteiger partial charge on any atom is -0.354 e. The maximum Gasteiger partial charge on any atom is 0.242 e. The first-order valence-corrected chi connectivity index (χ1v) is 11.2. The number of carbonyl (C=O) groups is 2. The van der Waals surface area contributed by atoms with Crippen molar-refractivity contribution in [2.24, 2.45) is 0 Å². The number of hydrogen-bond donors (Lipinski definition) is 1. The molecular weight excluding hydrogens is 372 g/mol. The van der Waals surface area contributed by atoms with Crippen LogP contribution in [0.25, 0.3) is 0 Å². The lowest BCUT2D eigenvalue weighted by Gasteiger charge is -2.30. The summed E-state index contributed by atoms with van der Waals surface area (Å²) in [6.07, 6.45) is 4.45. The minimum atomic E-state index is -0.420. The number of amides is 2. The summed E-state index contributed by atoms with van der Waals surface area (Å²) in [4.78, 5) is 27.8. The summed E-state index contributed by atoms with van der Waals surface area (Å²) in [5.74, 6) is 0.00620. The van der Waals surface area contributed by atoms with E-state index in [4.69, 9.17) is 0 Å². The molecule has 0 saturated carbocycles. The number of carbonyl (C=O) groups excluding carboxylic acids is 2. The van der Waals surface area contributed by atoms with E-state index in [0.717, 1.165) is 24.8 Å². The van der Waals surface area contributed by atoms with Crippen molar-refractivity contribution in [1.82, 2.24) is 10.2 Å². The third kappa shape index (κ3) is 7.66. The van der Waals surface area contributed by atoms with Gasteiger partial charge in [-0.15, -0.1) is 0 Å². The van der Waals surface area contributed by atoms with E-state index in [2.05, 4.69) is 55.6 Å². The molecule has 2 aromatic carbocycles. The fraction of sp³-hybridized carbons (Fsp3) is 0.462. The van der Waals surface area contributed by atoms with Crippen LogP contribution in [0.4, 0.5) is 0 Å². The van der Waals surface area contributed by atoms with E-state index >= 15 is 0 Å². The van der Waals surface area contributed by atoms with Gasteiger partial charge in [-0.2, -0.15) is 0 Å². The van der Waals surface area contributed by atoms with Gasteiger partial charge in [0.2, 0.25) is 11.8 Å². The van der Waals surface area contributed by atoms with Crippen molar-refractivity contribution >= 4 is 11.8 Å². The van der Waals surface area contributed by atoms with Crippen LogP contribution >= 0.6 is 0 Å². The molecule has 30 heavy (non-hydrogen) atoms. The summed E-state index contributed by atoms with van der Waals surface area (Å²) >= 11 is 0. The smallest absolute Gasteiger partial charge is 0.242 e. The van der Waals surface area contributed by atoms with Gasteiger partial charge >= 0.3 is 0 Å². The van der Waals surface area contributed by atoms with Gasteiger partial charge in [0.1, 0.15) is 6.04 Å². The largest absolute Gasteiger partial charge is 0.354 e. The molecule has 0 unspecified atom stereocenters. The van der Waals surface area contributed by atoms with Gasteiger partial charge in [0.15, 0.2) is 0 Å². The van der Waals surface area contributed by atoms with Crippen molar-refractivity contribution in [3.8, 4) is 0 Å². The van der Waals surface area contributed by atoms with Gasteiger partial charge < -0.3 is 10.2 Å². The van der Waals surface area contributed by atoms with Crippen molar-refractivity contribution in [1.29, 1.82) is 0 Å². The lowest BCUT2D eigenvalue weighted by Crippen LogP contribution is -2.50. The first kappa shape index (κ1) is 23.7. The molecular formula is C26H36N2O2. The molecule has 1 atom stereocenters. The molecule has 2 rings (SSSR count). The van der Waals surface area contributed by atoms with E-state index in [9.17, 15) is 9.59 Å². The summed E-state index contributed by atoms with van der Waals surface area (Å²) in [7, 11) is 0. The van der Waals surface area contributed by atoms with E-state index in [-0.39, 0.29) is 11.8 Å². The second-order valence-corrected chi connectivity index (χ2v) is 7.88. The Morgan fingerprint density at radius 3 is 2.23 bits per heavy atom. The number of rotatable bonds is 12. The third-order valence-corrected chi connectivity index (χ3v) is 5.45. The normalized spacial score (nSPS) is 11.7. The zero-order valence-corrected chi connectivity index (χ0v) is 18.7. The lowest BCUT2D eigenvalue weighted by molar-refractivity contribution is -0.140. The number of hydrogen-bond acceptors (Lipinski definition) is 2. The van der Waals surface area contributed by atoms with E-state index in [1.165, 1.54) is 11.1 Å². The molecule has 4 nitrogen and oxygen atoms in total. The topological polar surface area (TPSA) is 49.4 Å². The number of nitrogens with one attached hydrogen (secondary N) is 1. The summed E-state index contributed by atoms with van der Waals surface area (Å²) in [5, 5.41) is 3.02. The molecule has 2 amide bonds. The maximum atomic E-state index is 13.2. The molecule has 0 heterocycles. The molecule has 0 aliphatic carbocycles. The van der Waals surface area contributed by atoms with E-state index in [0.29, 0.717) is 32.4 Å². The van der Waals surface area contributed by atoms with Gasteiger partial charge in [0.25, 0.3) is 0 Å². The second-order valence-electron chi connectivity index (χ2n) is 7.88. The van der Waals surface area contributed by atoms with Crippen molar-refractivity contribution in [3.05, 3.63) is 71.3 Å².